The zero-order chi connectivity index (χ0) is 17.3. The molecule has 1 spiro atoms. The van der Waals surface area contributed by atoms with Gasteiger partial charge in [0.05, 0.1) is 13.1 Å². The van der Waals surface area contributed by atoms with Crippen molar-refractivity contribution in [1.82, 2.24) is 9.80 Å². The minimum absolute atomic E-state index is 0.0770. The van der Waals surface area contributed by atoms with E-state index in [1.54, 1.807) is 11.9 Å². The summed E-state index contributed by atoms with van der Waals surface area (Å²) < 4.78 is 18.3. The van der Waals surface area contributed by atoms with Gasteiger partial charge in [-0.05, 0) is 24.3 Å². The number of likely N-dealkylation sites (tertiary alicyclic amines) is 1. The summed E-state index contributed by atoms with van der Waals surface area (Å²) in [7, 11) is 1.67. The molecular formula is C17H19FN2O4. The molecular weight excluding hydrogens is 315 g/mol. The molecule has 1 aromatic rings. The van der Waals surface area contributed by atoms with Crippen molar-refractivity contribution in [2.24, 2.45) is 0 Å². The largest absolute Gasteiger partial charge is 0.439 e. The van der Waals surface area contributed by atoms with Crippen molar-refractivity contribution in [1.29, 1.82) is 0 Å². The molecule has 128 valence electrons. The minimum atomic E-state index is -0.609. The molecule has 1 aromatic carbocycles. The number of likely N-dealkylation sites (N-methyl/N-ethyl adjacent to an activating group) is 1. The molecule has 0 aromatic heterocycles. The summed E-state index contributed by atoms with van der Waals surface area (Å²) in [6.07, 6.45) is 0.417. The number of benzene rings is 1. The summed E-state index contributed by atoms with van der Waals surface area (Å²) in [5, 5.41) is 0. The van der Waals surface area contributed by atoms with E-state index in [4.69, 9.17) is 4.74 Å². The van der Waals surface area contributed by atoms with Gasteiger partial charge in [-0.3, -0.25) is 9.59 Å². The van der Waals surface area contributed by atoms with E-state index in [2.05, 4.69) is 0 Å². The van der Waals surface area contributed by atoms with Crippen LogP contribution in [0, 0.1) is 5.82 Å². The van der Waals surface area contributed by atoms with E-state index in [9.17, 15) is 18.8 Å². The smallest absolute Gasteiger partial charge is 0.410 e. The van der Waals surface area contributed by atoms with Crippen molar-refractivity contribution in [3.63, 3.8) is 0 Å². The van der Waals surface area contributed by atoms with Gasteiger partial charge in [0.1, 0.15) is 5.82 Å². The van der Waals surface area contributed by atoms with Crippen molar-refractivity contribution < 1.29 is 23.5 Å². The van der Waals surface area contributed by atoms with E-state index < -0.39 is 11.4 Å². The summed E-state index contributed by atoms with van der Waals surface area (Å²) in [5.41, 5.74) is -0.212. The average Bonchev–Trinajstić information content (AvgIpc) is 3.08. The maximum absolute atomic E-state index is 12.9. The van der Waals surface area contributed by atoms with E-state index in [1.807, 2.05) is 0 Å². The average molecular weight is 334 g/mol. The van der Waals surface area contributed by atoms with E-state index in [1.165, 1.54) is 29.2 Å². The molecule has 2 amide bonds. The fourth-order valence-corrected chi connectivity index (χ4v) is 3.22. The Morgan fingerprint density at radius 2 is 1.92 bits per heavy atom. The van der Waals surface area contributed by atoms with Crippen LogP contribution in [0.4, 0.5) is 9.18 Å². The summed E-state index contributed by atoms with van der Waals surface area (Å²) >= 11 is 0. The molecule has 0 aliphatic carbocycles. The molecule has 1 atom stereocenters. The van der Waals surface area contributed by atoms with Gasteiger partial charge in [0.2, 0.25) is 5.91 Å². The van der Waals surface area contributed by atoms with Crippen LogP contribution >= 0.6 is 0 Å². The zero-order valence-corrected chi connectivity index (χ0v) is 13.5. The quantitative estimate of drug-likeness (QED) is 0.788. The highest BCUT2D eigenvalue weighted by molar-refractivity contribution is 5.97. The fraction of sp³-hybridized carbons (Fsp3) is 0.471. The number of ketones is 1. The van der Waals surface area contributed by atoms with Crippen LogP contribution in [0.5, 0.6) is 0 Å². The first kappa shape index (κ1) is 16.4. The Labute approximate surface area is 139 Å². The van der Waals surface area contributed by atoms with E-state index in [-0.39, 0.29) is 30.6 Å². The van der Waals surface area contributed by atoms with E-state index >= 15 is 0 Å². The van der Waals surface area contributed by atoms with Gasteiger partial charge in [-0.15, -0.1) is 0 Å². The molecule has 0 unspecified atom stereocenters. The molecule has 0 saturated carbocycles. The predicted octanol–water partition coefficient (Wildman–Crippen LogP) is 1.84. The molecule has 2 aliphatic heterocycles. The van der Waals surface area contributed by atoms with Crippen molar-refractivity contribution in [2.45, 2.75) is 24.9 Å². The Kier molecular flexibility index (Phi) is 4.26. The maximum atomic E-state index is 12.9. The number of hydrogen-bond acceptors (Lipinski definition) is 4. The predicted molar refractivity (Wildman–Crippen MR) is 83.0 cm³/mol. The van der Waals surface area contributed by atoms with Crippen molar-refractivity contribution >= 4 is 17.8 Å². The standard InChI is InChI=1S/C17H19FN2O4/c1-19-10-17(24-16(19)23)8-9-20(11-17)15(22)7-6-14(21)12-2-4-13(18)5-3-12/h2-5H,6-11H2,1H3/t17-/m1/s1. The molecule has 24 heavy (non-hydrogen) atoms. The van der Waals surface area contributed by atoms with Gasteiger partial charge < -0.3 is 14.5 Å². The maximum Gasteiger partial charge on any atom is 0.410 e. The monoisotopic (exact) mass is 334 g/mol. The molecule has 0 bridgehead atoms. The third kappa shape index (κ3) is 3.25. The Morgan fingerprint density at radius 1 is 1.21 bits per heavy atom. The lowest BCUT2D eigenvalue weighted by Gasteiger charge is -2.21. The molecule has 2 saturated heterocycles. The molecule has 2 fully saturated rings. The van der Waals surface area contributed by atoms with E-state index in [0.717, 1.165) is 0 Å². The topological polar surface area (TPSA) is 66.9 Å². The van der Waals surface area contributed by atoms with Gasteiger partial charge in [0.15, 0.2) is 11.4 Å². The summed E-state index contributed by atoms with van der Waals surface area (Å²) in [6, 6.07) is 5.29. The Bertz CT molecular complexity index is 676. The minimum Gasteiger partial charge on any atom is -0.439 e. The number of ether oxygens (including phenoxy) is 1. The van der Waals surface area contributed by atoms with Gasteiger partial charge in [-0.25, -0.2) is 9.18 Å². The number of carbonyl (C=O) groups excluding carboxylic acids is 3. The fourth-order valence-electron chi connectivity index (χ4n) is 3.22. The molecule has 0 radical (unpaired) electrons. The Balaban J connectivity index is 1.52. The highest BCUT2D eigenvalue weighted by Crippen LogP contribution is 2.32. The number of nitrogens with zero attached hydrogens (tertiary/aromatic N) is 2. The lowest BCUT2D eigenvalue weighted by molar-refractivity contribution is -0.130. The third-order valence-corrected chi connectivity index (χ3v) is 4.54. The second-order valence-electron chi connectivity index (χ2n) is 6.40. The van der Waals surface area contributed by atoms with Crippen LogP contribution in [0.2, 0.25) is 0 Å². The third-order valence-electron chi connectivity index (χ3n) is 4.54. The van der Waals surface area contributed by atoms with Crippen molar-refractivity contribution in [3.05, 3.63) is 35.6 Å². The van der Waals surface area contributed by atoms with Crippen LogP contribution in [0.25, 0.3) is 0 Å². The van der Waals surface area contributed by atoms with Crippen LogP contribution in [0.1, 0.15) is 29.6 Å². The number of halogens is 1. The second kappa shape index (κ2) is 6.22. The van der Waals surface area contributed by atoms with Crippen LogP contribution in [0.15, 0.2) is 24.3 Å². The number of carbonyl (C=O) groups is 3. The first-order chi connectivity index (χ1) is 11.4. The first-order valence-electron chi connectivity index (χ1n) is 7.89. The second-order valence-corrected chi connectivity index (χ2v) is 6.40. The van der Waals surface area contributed by atoms with Gasteiger partial charge in [-0.1, -0.05) is 0 Å². The number of amides is 2. The van der Waals surface area contributed by atoms with Crippen molar-refractivity contribution in [2.75, 3.05) is 26.7 Å². The molecule has 3 rings (SSSR count). The van der Waals surface area contributed by atoms with Gasteiger partial charge >= 0.3 is 6.09 Å². The van der Waals surface area contributed by atoms with Crippen LogP contribution < -0.4 is 0 Å². The summed E-state index contributed by atoms with van der Waals surface area (Å²) in [4.78, 5) is 39.0. The zero-order valence-electron chi connectivity index (χ0n) is 13.5. The molecule has 2 heterocycles. The van der Waals surface area contributed by atoms with Crippen LogP contribution in [-0.2, 0) is 9.53 Å². The van der Waals surface area contributed by atoms with Gasteiger partial charge in [0, 0.05) is 38.4 Å². The normalized spacial score (nSPS) is 23.0. The number of Topliss-reactive ketones (excluding diaryl/α,β-unsaturated/α-hetero) is 1. The van der Waals surface area contributed by atoms with Gasteiger partial charge in [0.25, 0.3) is 0 Å². The van der Waals surface area contributed by atoms with Crippen molar-refractivity contribution in [3.8, 4) is 0 Å². The summed E-state index contributed by atoms with van der Waals surface area (Å²) in [5.74, 6) is -0.724. The SMILES string of the molecule is CN1C[C@@]2(CCN(C(=O)CCC(=O)c3ccc(F)cc3)C2)OC1=O. The number of rotatable bonds is 4. The summed E-state index contributed by atoms with van der Waals surface area (Å²) in [6.45, 7) is 1.36. The lowest BCUT2D eigenvalue weighted by atomic mass is 10.0. The highest BCUT2D eigenvalue weighted by Gasteiger charge is 2.49. The Morgan fingerprint density at radius 3 is 2.54 bits per heavy atom. The molecule has 7 heteroatoms. The molecule has 2 aliphatic rings. The van der Waals surface area contributed by atoms with Crippen LogP contribution in [0.3, 0.4) is 0 Å². The number of hydrogen-bond donors (Lipinski definition) is 0. The highest BCUT2D eigenvalue weighted by atomic mass is 19.1. The van der Waals surface area contributed by atoms with Gasteiger partial charge in [-0.2, -0.15) is 0 Å². The Hall–Kier alpha value is -2.44. The first-order valence-corrected chi connectivity index (χ1v) is 7.89. The van der Waals surface area contributed by atoms with Crippen LogP contribution in [-0.4, -0.2) is 59.9 Å². The lowest BCUT2D eigenvalue weighted by Crippen LogP contribution is -2.39. The molecule has 0 N–H and O–H groups in total. The molecule has 6 nitrogen and oxygen atoms in total. The van der Waals surface area contributed by atoms with E-state index in [0.29, 0.717) is 31.6 Å².